The van der Waals surface area contributed by atoms with Crippen LogP contribution in [-0.2, 0) is 0 Å². The van der Waals surface area contributed by atoms with E-state index in [9.17, 15) is 13.2 Å². The molecular weight excluding hydrogens is 241 g/mol. The Hall–Kier alpha value is -1.75. The van der Waals surface area contributed by atoms with Crippen LogP contribution in [0.25, 0.3) is 0 Å². The zero-order chi connectivity index (χ0) is 13.8. The number of anilines is 1. The summed E-state index contributed by atoms with van der Waals surface area (Å²) in [7, 11) is 1.28. The van der Waals surface area contributed by atoms with Crippen molar-refractivity contribution in [1.29, 1.82) is 0 Å². The van der Waals surface area contributed by atoms with Crippen molar-refractivity contribution >= 4 is 5.69 Å². The summed E-state index contributed by atoms with van der Waals surface area (Å²) in [5, 5.41) is 5.15. The van der Waals surface area contributed by atoms with E-state index in [2.05, 4.69) is 23.8 Å². The minimum atomic E-state index is -4.31. The number of benzene rings is 1. The van der Waals surface area contributed by atoms with Gasteiger partial charge in [0.25, 0.3) is 0 Å². The van der Waals surface area contributed by atoms with Crippen LogP contribution in [0.3, 0.4) is 0 Å². The Kier molecular flexibility index (Phi) is 4.55. The predicted octanol–water partition coefficient (Wildman–Crippen LogP) is 3.62. The highest BCUT2D eigenvalue weighted by Gasteiger charge is 2.39. The number of hydrogen-bond donors (Lipinski definition) is 2. The molecular formula is C13H15F3N2. The van der Waals surface area contributed by atoms with Crippen molar-refractivity contribution in [3.05, 3.63) is 54.8 Å². The third-order valence-corrected chi connectivity index (χ3v) is 2.41. The lowest BCUT2D eigenvalue weighted by atomic mass is 10.1. The van der Waals surface area contributed by atoms with Gasteiger partial charge in [0.15, 0.2) is 0 Å². The standard InChI is InChI=1S/C13H15F3N2/c1-4-9(2)18-11-7-5-10(6-8-11)12(17-3)13(14,15)16/h4-8,12,17-18H,1-2H2,3H3. The van der Waals surface area contributed by atoms with E-state index in [0.717, 1.165) is 0 Å². The molecule has 5 heteroatoms. The van der Waals surface area contributed by atoms with Gasteiger partial charge < -0.3 is 10.6 Å². The minimum Gasteiger partial charge on any atom is -0.356 e. The summed E-state index contributed by atoms with van der Waals surface area (Å²) in [6, 6.07) is 4.33. The molecule has 0 bridgehead atoms. The zero-order valence-electron chi connectivity index (χ0n) is 10.0. The molecule has 0 aliphatic rings. The topological polar surface area (TPSA) is 24.1 Å². The van der Waals surface area contributed by atoms with Crippen LogP contribution < -0.4 is 10.6 Å². The molecule has 0 heterocycles. The second-order valence-electron chi connectivity index (χ2n) is 3.74. The first-order valence-corrected chi connectivity index (χ1v) is 5.30. The molecule has 2 N–H and O–H groups in total. The Morgan fingerprint density at radius 1 is 1.28 bits per heavy atom. The first kappa shape index (κ1) is 14.3. The van der Waals surface area contributed by atoms with Gasteiger partial charge in [-0.15, -0.1) is 0 Å². The highest BCUT2D eigenvalue weighted by molar-refractivity contribution is 5.51. The van der Waals surface area contributed by atoms with Crippen LogP contribution in [0.4, 0.5) is 18.9 Å². The molecule has 0 saturated carbocycles. The van der Waals surface area contributed by atoms with Gasteiger partial charge in [0, 0.05) is 11.4 Å². The van der Waals surface area contributed by atoms with Gasteiger partial charge in [0.05, 0.1) is 0 Å². The predicted molar refractivity (Wildman–Crippen MR) is 67.3 cm³/mol. The second kappa shape index (κ2) is 5.73. The number of alkyl halides is 3. The summed E-state index contributed by atoms with van der Waals surface area (Å²) in [5.74, 6) is 0. The molecule has 1 aromatic rings. The fourth-order valence-electron chi connectivity index (χ4n) is 1.51. The SMILES string of the molecule is C=CC(=C)Nc1ccc(C(NC)C(F)(F)F)cc1. The minimum absolute atomic E-state index is 0.166. The molecule has 0 amide bonds. The van der Waals surface area contributed by atoms with Gasteiger partial charge in [-0.1, -0.05) is 25.3 Å². The third kappa shape index (κ3) is 3.63. The molecule has 1 unspecified atom stereocenters. The quantitative estimate of drug-likeness (QED) is 0.786. The summed E-state index contributed by atoms with van der Waals surface area (Å²) in [6.07, 6.45) is -2.78. The maximum absolute atomic E-state index is 12.7. The van der Waals surface area contributed by atoms with E-state index in [4.69, 9.17) is 0 Å². The normalized spacial score (nSPS) is 12.9. The van der Waals surface area contributed by atoms with Gasteiger partial charge in [0.2, 0.25) is 0 Å². The average Bonchev–Trinajstić information content (AvgIpc) is 2.30. The Labute approximate surface area is 104 Å². The summed E-state index contributed by atoms with van der Waals surface area (Å²) < 4.78 is 38.0. The Morgan fingerprint density at radius 3 is 2.22 bits per heavy atom. The van der Waals surface area contributed by atoms with Gasteiger partial charge in [-0.2, -0.15) is 13.2 Å². The zero-order valence-corrected chi connectivity index (χ0v) is 10.0. The first-order chi connectivity index (χ1) is 8.38. The molecule has 0 fully saturated rings. The van der Waals surface area contributed by atoms with E-state index in [-0.39, 0.29) is 5.56 Å². The monoisotopic (exact) mass is 256 g/mol. The van der Waals surface area contributed by atoms with Gasteiger partial charge in [-0.3, -0.25) is 0 Å². The molecule has 1 rings (SSSR count). The van der Waals surface area contributed by atoms with Gasteiger partial charge >= 0.3 is 6.18 Å². The average molecular weight is 256 g/mol. The second-order valence-corrected chi connectivity index (χ2v) is 3.74. The van der Waals surface area contributed by atoms with Crippen molar-refractivity contribution in [3.8, 4) is 0 Å². The molecule has 2 nitrogen and oxygen atoms in total. The van der Waals surface area contributed by atoms with E-state index >= 15 is 0 Å². The fourth-order valence-corrected chi connectivity index (χ4v) is 1.51. The molecule has 0 aromatic heterocycles. The number of nitrogens with one attached hydrogen (secondary N) is 2. The fraction of sp³-hybridized carbons (Fsp3) is 0.231. The highest BCUT2D eigenvalue weighted by Crippen LogP contribution is 2.32. The van der Waals surface area contributed by atoms with E-state index < -0.39 is 12.2 Å². The first-order valence-electron chi connectivity index (χ1n) is 5.30. The molecule has 1 aromatic carbocycles. The maximum atomic E-state index is 12.7. The third-order valence-electron chi connectivity index (χ3n) is 2.41. The Balaban J connectivity index is 2.88. The maximum Gasteiger partial charge on any atom is 0.407 e. The molecule has 0 saturated heterocycles. The lowest BCUT2D eigenvalue weighted by molar-refractivity contribution is -0.156. The van der Waals surface area contributed by atoms with Crippen LogP contribution in [0.2, 0.25) is 0 Å². The largest absolute Gasteiger partial charge is 0.407 e. The molecule has 0 aliphatic heterocycles. The molecule has 98 valence electrons. The van der Waals surface area contributed by atoms with Crippen LogP contribution in [-0.4, -0.2) is 13.2 Å². The molecule has 1 atom stereocenters. The van der Waals surface area contributed by atoms with Crippen LogP contribution >= 0.6 is 0 Å². The van der Waals surface area contributed by atoms with E-state index in [1.807, 2.05) is 0 Å². The molecule has 0 aliphatic carbocycles. The summed E-state index contributed by atoms with van der Waals surface area (Å²) in [5.41, 5.74) is 1.42. The van der Waals surface area contributed by atoms with Gasteiger partial charge in [-0.05, 0) is 30.8 Å². The van der Waals surface area contributed by atoms with Gasteiger partial charge in [-0.25, -0.2) is 0 Å². The highest BCUT2D eigenvalue weighted by atomic mass is 19.4. The molecule has 18 heavy (non-hydrogen) atoms. The summed E-state index contributed by atoms with van der Waals surface area (Å²) in [6.45, 7) is 7.19. The summed E-state index contributed by atoms with van der Waals surface area (Å²) >= 11 is 0. The van der Waals surface area contributed by atoms with Crippen LogP contribution in [0.5, 0.6) is 0 Å². The number of rotatable bonds is 5. The van der Waals surface area contributed by atoms with Crippen molar-refractivity contribution in [2.75, 3.05) is 12.4 Å². The Bertz CT molecular complexity index is 421. The number of halogens is 3. The van der Waals surface area contributed by atoms with Crippen LogP contribution in [0.15, 0.2) is 49.2 Å². The van der Waals surface area contributed by atoms with E-state index in [1.165, 1.54) is 25.3 Å². The van der Waals surface area contributed by atoms with Crippen LogP contribution in [0, 0.1) is 0 Å². The van der Waals surface area contributed by atoms with Crippen LogP contribution in [0.1, 0.15) is 11.6 Å². The van der Waals surface area contributed by atoms with Crippen molar-refractivity contribution in [3.63, 3.8) is 0 Å². The molecule has 0 radical (unpaired) electrons. The summed E-state index contributed by atoms with van der Waals surface area (Å²) in [4.78, 5) is 0. The lowest BCUT2D eigenvalue weighted by Crippen LogP contribution is -2.31. The van der Waals surface area contributed by atoms with Crippen molar-refractivity contribution in [2.45, 2.75) is 12.2 Å². The number of allylic oxidation sites excluding steroid dienone is 1. The smallest absolute Gasteiger partial charge is 0.356 e. The number of hydrogen-bond acceptors (Lipinski definition) is 2. The lowest BCUT2D eigenvalue weighted by Gasteiger charge is -2.20. The van der Waals surface area contributed by atoms with E-state index in [1.54, 1.807) is 12.1 Å². The van der Waals surface area contributed by atoms with Crippen molar-refractivity contribution in [2.24, 2.45) is 0 Å². The van der Waals surface area contributed by atoms with Crippen molar-refractivity contribution in [1.82, 2.24) is 5.32 Å². The van der Waals surface area contributed by atoms with E-state index in [0.29, 0.717) is 11.4 Å². The van der Waals surface area contributed by atoms with Gasteiger partial charge in [0.1, 0.15) is 6.04 Å². The molecule has 0 spiro atoms. The van der Waals surface area contributed by atoms with Crippen molar-refractivity contribution < 1.29 is 13.2 Å². The Morgan fingerprint density at radius 2 is 1.83 bits per heavy atom.